The Balaban J connectivity index is 1.86. The molecule has 1 aliphatic carbocycles. The summed E-state index contributed by atoms with van der Waals surface area (Å²) in [6.07, 6.45) is 4.69. The summed E-state index contributed by atoms with van der Waals surface area (Å²) in [5, 5.41) is 5.36. The van der Waals surface area contributed by atoms with Crippen molar-refractivity contribution in [2.24, 2.45) is 23.3 Å². The summed E-state index contributed by atoms with van der Waals surface area (Å²) in [7, 11) is 0. The van der Waals surface area contributed by atoms with E-state index < -0.39 is 18.0 Å². The van der Waals surface area contributed by atoms with Gasteiger partial charge in [-0.25, -0.2) is 0 Å². The first-order valence-electron chi connectivity index (χ1n) is 7.60. The first-order chi connectivity index (χ1) is 9.97. The minimum Gasteiger partial charge on any atom is -0.368 e. The van der Waals surface area contributed by atoms with Gasteiger partial charge in [0.25, 0.3) is 0 Å². The summed E-state index contributed by atoms with van der Waals surface area (Å²) >= 11 is 0. The van der Waals surface area contributed by atoms with E-state index in [0.717, 1.165) is 19.3 Å². The topological polar surface area (TPSA) is 127 Å². The fourth-order valence-corrected chi connectivity index (χ4v) is 2.69. The van der Waals surface area contributed by atoms with Crippen LogP contribution in [-0.2, 0) is 14.4 Å². The molecule has 118 valence electrons. The quantitative estimate of drug-likeness (QED) is 0.480. The maximum absolute atomic E-state index is 12.0. The molecule has 7 nitrogen and oxygen atoms in total. The molecule has 2 aliphatic rings. The van der Waals surface area contributed by atoms with E-state index in [4.69, 9.17) is 11.5 Å². The van der Waals surface area contributed by atoms with Gasteiger partial charge in [-0.15, -0.1) is 0 Å². The Labute approximate surface area is 124 Å². The Hall–Kier alpha value is -1.63. The summed E-state index contributed by atoms with van der Waals surface area (Å²) < 4.78 is 0. The van der Waals surface area contributed by atoms with Crippen LogP contribution in [-0.4, -0.2) is 36.3 Å². The Morgan fingerprint density at radius 3 is 2.57 bits per heavy atom. The fourth-order valence-electron chi connectivity index (χ4n) is 2.69. The maximum atomic E-state index is 12.0. The summed E-state index contributed by atoms with van der Waals surface area (Å²) in [5.74, 6) is -0.815. The van der Waals surface area contributed by atoms with Gasteiger partial charge in [-0.1, -0.05) is 12.8 Å². The molecular formula is C14H24N4O3. The van der Waals surface area contributed by atoms with Crippen molar-refractivity contribution in [2.45, 2.75) is 50.6 Å². The highest BCUT2D eigenvalue weighted by molar-refractivity contribution is 5.89. The van der Waals surface area contributed by atoms with E-state index in [1.165, 1.54) is 0 Å². The second-order valence-corrected chi connectivity index (χ2v) is 6.11. The van der Waals surface area contributed by atoms with Crippen molar-refractivity contribution in [1.29, 1.82) is 0 Å². The molecule has 1 saturated carbocycles. The van der Waals surface area contributed by atoms with E-state index in [1.54, 1.807) is 0 Å². The molecular weight excluding hydrogens is 272 g/mol. The van der Waals surface area contributed by atoms with Crippen molar-refractivity contribution in [3.8, 4) is 0 Å². The highest BCUT2D eigenvalue weighted by Crippen LogP contribution is 2.33. The van der Waals surface area contributed by atoms with Gasteiger partial charge in [-0.3, -0.25) is 14.4 Å². The van der Waals surface area contributed by atoms with Gasteiger partial charge in [-0.05, 0) is 31.6 Å². The number of hydrogen-bond donors (Lipinski definition) is 4. The van der Waals surface area contributed by atoms with Crippen LogP contribution in [0.5, 0.6) is 0 Å². The molecule has 2 rings (SSSR count). The zero-order valence-corrected chi connectivity index (χ0v) is 12.1. The van der Waals surface area contributed by atoms with E-state index in [1.807, 2.05) is 0 Å². The van der Waals surface area contributed by atoms with Crippen LogP contribution in [0.3, 0.4) is 0 Å². The lowest BCUT2D eigenvalue weighted by Crippen LogP contribution is -2.52. The molecule has 3 atom stereocenters. The highest BCUT2D eigenvalue weighted by Gasteiger charge is 2.31. The molecule has 0 aromatic heterocycles. The number of rotatable bonds is 7. The van der Waals surface area contributed by atoms with Crippen LogP contribution < -0.4 is 22.1 Å². The van der Waals surface area contributed by atoms with E-state index in [-0.39, 0.29) is 24.2 Å². The van der Waals surface area contributed by atoms with Crippen molar-refractivity contribution in [1.82, 2.24) is 10.6 Å². The second kappa shape index (κ2) is 6.89. The van der Waals surface area contributed by atoms with Gasteiger partial charge in [0.15, 0.2) is 0 Å². The summed E-state index contributed by atoms with van der Waals surface area (Å²) in [6.45, 7) is 0.662. The second-order valence-electron chi connectivity index (χ2n) is 6.11. The van der Waals surface area contributed by atoms with Crippen LogP contribution in [0.25, 0.3) is 0 Å². The summed E-state index contributed by atoms with van der Waals surface area (Å²) in [5.41, 5.74) is 11.2. The molecule has 2 fully saturated rings. The molecule has 0 aromatic rings. The van der Waals surface area contributed by atoms with Crippen molar-refractivity contribution in [3.05, 3.63) is 0 Å². The minimum atomic E-state index is -0.836. The molecule has 1 heterocycles. The molecule has 7 heteroatoms. The zero-order valence-electron chi connectivity index (χ0n) is 12.1. The molecule has 6 N–H and O–H groups in total. The van der Waals surface area contributed by atoms with Crippen molar-refractivity contribution in [2.75, 3.05) is 6.54 Å². The summed E-state index contributed by atoms with van der Waals surface area (Å²) in [6, 6.07) is -1.45. The number of nitrogens with two attached hydrogens (primary N) is 2. The Bertz CT molecular complexity index is 422. The average molecular weight is 296 g/mol. The zero-order chi connectivity index (χ0) is 15.4. The van der Waals surface area contributed by atoms with Crippen LogP contribution in [0, 0.1) is 11.8 Å². The SMILES string of the molecule is NC(=O)[C@H](C[C@@H]1CCCNC1=O)NC(=O)[C@@H](N)CC1CC1. The Kier molecular flexibility index (Phi) is 5.17. The lowest BCUT2D eigenvalue weighted by atomic mass is 9.91. The molecule has 3 amide bonds. The van der Waals surface area contributed by atoms with Gasteiger partial charge in [0, 0.05) is 12.5 Å². The number of carbonyl (C=O) groups excluding carboxylic acids is 3. The lowest BCUT2D eigenvalue weighted by Gasteiger charge is -2.26. The average Bonchev–Trinajstić information content (AvgIpc) is 3.23. The maximum Gasteiger partial charge on any atom is 0.240 e. The standard InChI is InChI=1S/C14H24N4O3/c15-10(6-8-3-4-8)14(21)18-11(12(16)19)7-9-2-1-5-17-13(9)20/h8-11H,1-7,15H2,(H2,16,19)(H,17,20)(H,18,21)/t9-,10-,11-/m0/s1. The normalized spacial score (nSPS) is 24.8. The third kappa shape index (κ3) is 4.70. The van der Waals surface area contributed by atoms with E-state index >= 15 is 0 Å². The van der Waals surface area contributed by atoms with Crippen LogP contribution >= 0.6 is 0 Å². The first kappa shape index (κ1) is 15.8. The predicted molar refractivity (Wildman–Crippen MR) is 76.8 cm³/mol. The van der Waals surface area contributed by atoms with Gasteiger partial charge in [0.2, 0.25) is 17.7 Å². The van der Waals surface area contributed by atoms with Gasteiger partial charge in [0.1, 0.15) is 6.04 Å². The van der Waals surface area contributed by atoms with Crippen LogP contribution in [0.1, 0.15) is 38.5 Å². The third-order valence-corrected chi connectivity index (χ3v) is 4.20. The molecule has 0 aromatic carbocycles. The number of hydrogen-bond acceptors (Lipinski definition) is 4. The fraction of sp³-hybridized carbons (Fsp3) is 0.786. The van der Waals surface area contributed by atoms with Crippen LogP contribution in [0.15, 0.2) is 0 Å². The van der Waals surface area contributed by atoms with Gasteiger partial charge in [-0.2, -0.15) is 0 Å². The van der Waals surface area contributed by atoms with Crippen molar-refractivity contribution >= 4 is 17.7 Å². The number of carbonyl (C=O) groups is 3. The monoisotopic (exact) mass is 296 g/mol. The van der Waals surface area contributed by atoms with Gasteiger partial charge in [0.05, 0.1) is 6.04 Å². The summed E-state index contributed by atoms with van der Waals surface area (Å²) in [4.78, 5) is 35.2. The predicted octanol–water partition coefficient (Wildman–Crippen LogP) is -1.000. The molecule has 1 aliphatic heterocycles. The number of amides is 3. The van der Waals surface area contributed by atoms with Crippen LogP contribution in [0.4, 0.5) is 0 Å². The third-order valence-electron chi connectivity index (χ3n) is 4.20. The largest absolute Gasteiger partial charge is 0.368 e. The van der Waals surface area contributed by atoms with Crippen molar-refractivity contribution < 1.29 is 14.4 Å². The lowest BCUT2D eigenvalue weighted by molar-refractivity contribution is -0.131. The minimum absolute atomic E-state index is 0.0796. The van der Waals surface area contributed by atoms with Gasteiger partial charge < -0.3 is 22.1 Å². The molecule has 0 spiro atoms. The van der Waals surface area contributed by atoms with E-state index in [2.05, 4.69) is 10.6 Å². The Morgan fingerprint density at radius 2 is 2.00 bits per heavy atom. The van der Waals surface area contributed by atoms with E-state index in [9.17, 15) is 14.4 Å². The number of primary amides is 1. The molecule has 0 radical (unpaired) electrons. The molecule has 21 heavy (non-hydrogen) atoms. The van der Waals surface area contributed by atoms with Crippen LogP contribution in [0.2, 0.25) is 0 Å². The smallest absolute Gasteiger partial charge is 0.240 e. The molecule has 0 unspecified atom stereocenters. The van der Waals surface area contributed by atoms with E-state index in [0.29, 0.717) is 25.3 Å². The first-order valence-corrected chi connectivity index (χ1v) is 7.60. The number of piperidine rings is 1. The molecule has 0 bridgehead atoms. The molecule has 1 saturated heterocycles. The Morgan fingerprint density at radius 1 is 1.29 bits per heavy atom. The number of nitrogens with one attached hydrogen (secondary N) is 2. The van der Waals surface area contributed by atoms with Crippen molar-refractivity contribution in [3.63, 3.8) is 0 Å². The highest BCUT2D eigenvalue weighted by atomic mass is 16.2. The van der Waals surface area contributed by atoms with Gasteiger partial charge >= 0.3 is 0 Å².